The largest absolute Gasteiger partial charge is 0.493 e. The summed E-state index contributed by atoms with van der Waals surface area (Å²) in [6.07, 6.45) is 0.347. The normalized spacial score (nSPS) is 11.8. The van der Waals surface area contributed by atoms with E-state index in [-0.39, 0.29) is 28.1 Å². The molecule has 3 rings (SSSR count). The van der Waals surface area contributed by atoms with E-state index >= 15 is 0 Å². The summed E-state index contributed by atoms with van der Waals surface area (Å²) in [6.45, 7) is 3.48. The molecule has 0 radical (unpaired) electrons. The fourth-order valence-electron chi connectivity index (χ4n) is 2.74. The standard InChI is InChI=1S/C21H20ClN3O3S/c1-3-17-19(27)24-21(25(20(17)28)16-10-5-4-6-11-16)29-13(2)18(26)23-15-9-7-8-14(22)12-15/h4-13,27H,3H2,1-2H3,(H,23,26). The van der Waals surface area contributed by atoms with Gasteiger partial charge in [0, 0.05) is 10.7 Å². The van der Waals surface area contributed by atoms with Crippen LogP contribution >= 0.6 is 23.4 Å². The molecule has 2 aromatic carbocycles. The van der Waals surface area contributed by atoms with Gasteiger partial charge in [-0.3, -0.25) is 14.2 Å². The maximum atomic E-state index is 13.0. The third-order valence-electron chi connectivity index (χ3n) is 4.24. The third kappa shape index (κ3) is 4.81. The zero-order chi connectivity index (χ0) is 21.0. The molecule has 0 saturated carbocycles. The predicted octanol–water partition coefficient (Wildman–Crippen LogP) is 4.27. The van der Waals surface area contributed by atoms with E-state index in [2.05, 4.69) is 10.3 Å². The zero-order valence-electron chi connectivity index (χ0n) is 15.9. The number of halogens is 1. The Labute approximate surface area is 177 Å². The van der Waals surface area contributed by atoms with E-state index in [0.29, 0.717) is 22.8 Å². The Morgan fingerprint density at radius 2 is 1.97 bits per heavy atom. The summed E-state index contributed by atoms with van der Waals surface area (Å²) < 4.78 is 1.42. The molecule has 6 nitrogen and oxygen atoms in total. The summed E-state index contributed by atoms with van der Waals surface area (Å²) in [5.41, 5.74) is 1.07. The van der Waals surface area contributed by atoms with Gasteiger partial charge in [0.2, 0.25) is 11.8 Å². The van der Waals surface area contributed by atoms with Gasteiger partial charge in [-0.15, -0.1) is 0 Å². The molecular formula is C21H20ClN3O3S. The second kappa shape index (κ2) is 9.15. The summed E-state index contributed by atoms with van der Waals surface area (Å²) in [5, 5.41) is 13.2. The first-order valence-corrected chi connectivity index (χ1v) is 10.3. The van der Waals surface area contributed by atoms with Crippen LogP contribution in [0, 0.1) is 0 Å². The van der Waals surface area contributed by atoms with Gasteiger partial charge >= 0.3 is 0 Å². The zero-order valence-corrected chi connectivity index (χ0v) is 17.5. The van der Waals surface area contributed by atoms with Gasteiger partial charge in [0.15, 0.2) is 5.16 Å². The minimum Gasteiger partial charge on any atom is -0.493 e. The molecule has 0 aliphatic rings. The topological polar surface area (TPSA) is 84.2 Å². The molecule has 1 aromatic heterocycles. The molecule has 0 aliphatic heterocycles. The van der Waals surface area contributed by atoms with Crippen molar-refractivity contribution in [2.75, 3.05) is 5.32 Å². The quantitative estimate of drug-likeness (QED) is 0.451. The molecule has 1 heterocycles. The Bertz CT molecular complexity index is 1090. The number of anilines is 1. The molecule has 29 heavy (non-hydrogen) atoms. The first-order chi connectivity index (χ1) is 13.9. The van der Waals surface area contributed by atoms with Gasteiger partial charge < -0.3 is 10.4 Å². The van der Waals surface area contributed by atoms with E-state index in [9.17, 15) is 14.7 Å². The van der Waals surface area contributed by atoms with Crippen molar-refractivity contribution in [3.05, 3.63) is 75.5 Å². The van der Waals surface area contributed by atoms with E-state index in [1.807, 2.05) is 18.2 Å². The highest BCUT2D eigenvalue weighted by atomic mass is 35.5. The first-order valence-electron chi connectivity index (χ1n) is 9.04. The number of rotatable bonds is 6. The minimum absolute atomic E-state index is 0.231. The highest BCUT2D eigenvalue weighted by molar-refractivity contribution is 8.00. The summed E-state index contributed by atoms with van der Waals surface area (Å²) in [7, 11) is 0. The van der Waals surface area contributed by atoms with E-state index in [1.54, 1.807) is 50.2 Å². The molecule has 1 atom stereocenters. The lowest BCUT2D eigenvalue weighted by atomic mass is 10.2. The van der Waals surface area contributed by atoms with Crippen LogP contribution in [0.25, 0.3) is 5.69 Å². The lowest BCUT2D eigenvalue weighted by Gasteiger charge is -2.17. The van der Waals surface area contributed by atoms with Crippen molar-refractivity contribution < 1.29 is 9.90 Å². The van der Waals surface area contributed by atoms with Crippen LogP contribution in [0.15, 0.2) is 64.5 Å². The predicted molar refractivity (Wildman–Crippen MR) is 116 cm³/mol. The number of carbonyl (C=O) groups excluding carboxylic acids is 1. The molecule has 8 heteroatoms. The Balaban J connectivity index is 1.93. The highest BCUT2D eigenvalue weighted by Crippen LogP contribution is 2.27. The second-order valence-electron chi connectivity index (χ2n) is 6.29. The van der Waals surface area contributed by atoms with E-state index < -0.39 is 5.25 Å². The number of thioether (sulfide) groups is 1. The molecule has 0 fully saturated rings. The molecular weight excluding hydrogens is 410 g/mol. The number of carbonyl (C=O) groups is 1. The van der Waals surface area contributed by atoms with Crippen LogP contribution in [0.1, 0.15) is 19.4 Å². The van der Waals surface area contributed by atoms with Gasteiger partial charge in [0.1, 0.15) is 0 Å². The van der Waals surface area contributed by atoms with Gasteiger partial charge in [0.05, 0.1) is 16.5 Å². The molecule has 1 amide bonds. The molecule has 3 aromatic rings. The molecule has 0 saturated heterocycles. The fourth-order valence-corrected chi connectivity index (χ4v) is 3.85. The summed E-state index contributed by atoms with van der Waals surface area (Å²) in [4.78, 5) is 29.8. The number of benzene rings is 2. The number of para-hydroxylation sites is 1. The molecule has 0 bridgehead atoms. The molecule has 0 spiro atoms. The monoisotopic (exact) mass is 429 g/mol. The molecule has 150 valence electrons. The SMILES string of the molecule is CCc1c(O)nc(SC(C)C(=O)Nc2cccc(Cl)c2)n(-c2ccccc2)c1=O. The van der Waals surface area contributed by atoms with Gasteiger partial charge in [-0.1, -0.05) is 54.6 Å². The van der Waals surface area contributed by atoms with Crippen LogP contribution in [0.4, 0.5) is 5.69 Å². The van der Waals surface area contributed by atoms with Gasteiger partial charge in [0.25, 0.3) is 5.56 Å². The Hall–Kier alpha value is -2.77. The fraction of sp³-hybridized carbons (Fsp3) is 0.190. The minimum atomic E-state index is -0.581. The van der Waals surface area contributed by atoms with Gasteiger partial charge in [-0.2, -0.15) is 4.98 Å². The number of amides is 1. The number of aromatic nitrogens is 2. The molecule has 2 N–H and O–H groups in total. The van der Waals surface area contributed by atoms with Crippen molar-refractivity contribution in [3.8, 4) is 11.6 Å². The molecule has 1 unspecified atom stereocenters. The Kier molecular flexibility index (Phi) is 6.61. The van der Waals surface area contributed by atoms with Crippen LogP contribution in [0.3, 0.4) is 0 Å². The maximum absolute atomic E-state index is 13.0. The summed E-state index contributed by atoms with van der Waals surface area (Å²) in [6, 6.07) is 15.9. The van der Waals surface area contributed by atoms with Crippen molar-refractivity contribution in [2.45, 2.75) is 30.7 Å². The average Bonchev–Trinajstić information content (AvgIpc) is 2.69. The number of hydrogen-bond acceptors (Lipinski definition) is 5. The number of hydrogen-bond donors (Lipinski definition) is 2. The van der Waals surface area contributed by atoms with Crippen molar-refractivity contribution in [1.29, 1.82) is 0 Å². The van der Waals surface area contributed by atoms with Crippen LogP contribution in [-0.2, 0) is 11.2 Å². The highest BCUT2D eigenvalue weighted by Gasteiger charge is 2.22. The van der Waals surface area contributed by atoms with E-state index in [0.717, 1.165) is 11.8 Å². The van der Waals surface area contributed by atoms with Crippen LogP contribution < -0.4 is 10.9 Å². The van der Waals surface area contributed by atoms with Crippen molar-refractivity contribution >= 4 is 35.0 Å². The number of aromatic hydroxyl groups is 1. The smallest absolute Gasteiger partial charge is 0.265 e. The van der Waals surface area contributed by atoms with Crippen LogP contribution in [0.2, 0.25) is 5.02 Å². The maximum Gasteiger partial charge on any atom is 0.265 e. The number of nitrogens with one attached hydrogen (secondary N) is 1. The van der Waals surface area contributed by atoms with Gasteiger partial charge in [-0.05, 0) is 43.7 Å². The second-order valence-corrected chi connectivity index (χ2v) is 8.03. The van der Waals surface area contributed by atoms with Gasteiger partial charge in [-0.25, -0.2) is 0 Å². The lowest BCUT2D eigenvalue weighted by molar-refractivity contribution is -0.115. The summed E-state index contributed by atoms with van der Waals surface area (Å²) in [5.74, 6) is -0.584. The Morgan fingerprint density at radius 3 is 2.62 bits per heavy atom. The van der Waals surface area contributed by atoms with E-state index in [1.165, 1.54) is 4.57 Å². The average molecular weight is 430 g/mol. The lowest BCUT2D eigenvalue weighted by Crippen LogP contribution is -2.27. The summed E-state index contributed by atoms with van der Waals surface area (Å²) >= 11 is 7.05. The van der Waals surface area contributed by atoms with Crippen LogP contribution in [0.5, 0.6) is 5.88 Å². The first kappa shape index (κ1) is 21.0. The third-order valence-corrected chi connectivity index (χ3v) is 5.52. The van der Waals surface area contributed by atoms with Crippen LogP contribution in [-0.4, -0.2) is 25.8 Å². The van der Waals surface area contributed by atoms with Crippen molar-refractivity contribution in [1.82, 2.24) is 9.55 Å². The van der Waals surface area contributed by atoms with Crippen molar-refractivity contribution in [3.63, 3.8) is 0 Å². The molecule has 0 aliphatic carbocycles. The van der Waals surface area contributed by atoms with E-state index in [4.69, 9.17) is 11.6 Å². The Morgan fingerprint density at radius 1 is 1.24 bits per heavy atom. The van der Waals surface area contributed by atoms with Crippen molar-refractivity contribution in [2.24, 2.45) is 0 Å². The number of nitrogens with zero attached hydrogens (tertiary/aromatic N) is 2.